The number of hydrogen-bond donors (Lipinski definition) is 0. The molecule has 2 rings (SSSR count). The number of pyridine rings is 1. The minimum Gasteiger partial charge on any atom is -0.261 e. The van der Waals surface area contributed by atoms with Crippen molar-refractivity contribution in [2.45, 2.75) is 63.2 Å². The van der Waals surface area contributed by atoms with Crippen LogP contribution < -0.4 is 0 Å². The lowest BCUT2D eigenvalue weighted by molar-refractivity contribution is 0.480. The first kappa shape index (κ1) is 12.9. The maximum atomic E-state index is 6.31. The molecular weight excluding hydrogens is 230 g/mol. The van der Waals surface area contributed by atoms with Gasteiger partial charge in [-0.1, -0.05) is 19.4 Å². The predicted octanol–water partition coefficient (Wildman–Crippen LogP) is 4.69. The van der Waals surface area contributed by atoms with Gasteiger partial charge in [-0.25, -0.2) is 0 Å². The number of aryl methyl sites for hydroxylation is 1. The molecule has 0 aliphatic heterocycles. The van der Waals surface area contributed by atoms with E-state index in [0.29, 0.717) is 11.3 Å². The molecule has 1 heterocycles. The van der Waals surface area contributed by atoms with Gasteiger partial charge in [0.1, 0.15) is 0 Å². The summed E-state index contributed by atoms with van der Waals surface area (Å²) in [6.45, 7) is 2.20. The van der Waals surface area contributed by atoms with Crippen molar-refractivity contribution in [2.75, 3.05) is 0 Å². The van der Waals surface area contributed by atoms with Gasteiger partial charge in [-0.3, -0.25) is 4.98 Å². The molecule has 17 heavy (non-hydrogen) atoms. The molecule has 0 N–H and O–H groups in total. The van der Waals surface area contributed by atoms with Crippen LogP contribution in [-0.4, -0.2) is 10.4 Å². The Morgan fingerprint density at radius 2 is 2.35 bits per heavy atom. The van der Waals surface area contributed by atoms with Gasteiger partial charge in [0.15, 0.2) is 0 Å². The van der Waals surface area contributed by atoms with E-state index < -0.39 is 0 Å². The fraction of sp³-hybridized carbons (Fsp3) is 0.667. The molecule has 0 fully saturated rings. The van der Waals surface area contributed by atoms with Crippen LogP contribution in [0.2, 0.25) is 0 Å². The van der Waals surface area contributed by atoms with E-state index in [9.17, 15) is 0 Å². The van der Waals surface area contributed by atoms with Gasteiger partial charge in [0.05, 0.1) is 0 Å². The molecule has 0 saturated heterocycles. The lowest BCUT2D eigenvalue weighted by Gasteiger charge is -2.24. The summed E-state index contributed by atoms with van der Waals surface area (Å²) < 4.78 is 0. The Kier molecular flexibility index (Phi) is 4.85. The number of alkyl halides is 1. The Hall–Kier alpha value is -0.560. The summed E-state index contributed by atoms with van der Waals surface area (Å²) in [5.41, 5.74) is 2.81. The molecule has 0 amide bonds. The summed E-state index contributed by atoms with van der Waals surface area (Å²) >= 11 is 6.31. The van der Waals surface area contributed by atoms with Gasteiger partial charge in [-0.15, -0.1) is 11.6 Å². The van der Waals surface area contributed by atoms with Crippen LogP contribution in [0.15, 0.2) is 18.3 Å². The zero-order valence-electron chi connectivity index (χ0n) is 10.7. The monoisotopic (exact) mass is 251 g/mol. The second-order valence-corrected chi connectivity index (χ2v) is 5.72. The Bertz CT molecular complexity index is 351. The molecule has 1 aliphatic rings. The predicted molar refractivity (Wildman–Crippen MR) is 73.7 cm³/mol. The van der Waals surface area contributed by atoms with E-state index in [0.717, 1.165) is 12.8 Å². The van der Waals surface area contributed by atoms with Crippen molar-refractivity contribution in [1.82, 2.24) is 4.98 Å². The minimum absolute atomic E-state index is 0.356. The molecule has 94 valence electrons. The molecule has 2 heteroatoms. The fourth-order valence-electron chi connectivity index (χ4n) is 2.83. The average Bonchev–Trinajstić information content (AvgIpc) is 2.36. The van der Waals surface area contributed by atoms with E-state index in [1.54, 1.807) is 0 Å². The van der Waals surface area contributed by atoms with Crippen molar-refractivity contribution in [3.8, 4) is 0 Å². The number of hydrogen-bond acceptors (Lipinski definition) is 1. The highest BCUT2D eigenvalue weighted by Crippen LogP contribution is 2.34. The van der Waals surface area contributed by atoms with Gasteiger partial charge in [-0.05, 0) is 50.2 Å². The van der Waals surface area contributed by atoms with E-state index in [-0.39, 0.29) is 0 Å². The highest BCUT2D eigenvalue weighted by Gasteiger charge is 2.21. The SMILES string of the molecule is CCCC(Cl)CCC1CCCc2cccnc21. The van der Waals surface area contributed by atoms with Crippen LogP contribution in [0.4, 0.5) is 0 Å². The molecule has 2 unspecified atom stereocenters. The summed E-state index contributed by atoms with van der Waals surface area (Å²) in [6.07, 6.45) is 10.4. The Morgan fingerprint density at radius 3 is 3.18 bits per heavy atom. The van der Waals surface area contributed by atoms with Crippen molar-refractivity contribution in [3.63, 3.8) is 0 Å². The molecular formula is C15H22ClN. The van der Waals surface area contributed by atoms with Crippen LogP contribution in [0.5, 0.6) is 0 Å². The third-order valence-corrected chi connectivity index (χ3v) is 4.18. The molecule has 0 aromatic carbocycles. The lowest BCUT2D eigenvalue weighted by Crippen LogP contribution is -2.13. The first-order valence-corrected chi connectivity index (χ1v) is 7.32. The van der Waals surface area contributed by atoms with Gasteiger partial charge in [0.2, 0.25) is 0 Å². The van der Waals surface area contributed by atoms with E-state index in [2.05, 4.69) is 24.0 Å². The van der Waals surface area contributed by atoms with E-state index in [4.69, 9.17) is 11.6 Å². The molecule has 1 aromatic rings. The van der Waals surface area contributed by atoms with E-state index in [1.165, 1.54) is 43.4 Å². The van der Waals surface area contributed by atoms with Crippen LogP contribution in [0.3, 0.4) is 0 Å². The highest BCUT2D eigenvalue weighted by molar-refractivity contribution is 6.20. The number of nitrogens with zero attached hydrogens (tertiary/aromatic N) is 1. The molecule has 0 radical (unpaired) electrons. The number of fused-ring (bicyclic) bond motifs is 1. The molecule has 0 bridgehead atoms. The van der Waals surface area contributed by atoms with Crippen LogP contribution in [0.1, 0.15) is 62.6 Å². The van der Waals surface area contributed by atoms with Gasteiger partial charge < -0.3 is 0 Å². The molecule has 1 aromatic heterocycles. The zero-order valence-corrected chi connectivity index (χ0v) is 11.4. The topological polar surface area (TPSA) is 12.9 Å². The van der Waals surface area contributed by atoms with Crippen LogP contribution >= 0.6 is 11.6 Å². The summed E-state index contributed by atoms with van der Waals surface area (Å²) in [7, 11) is 0. The Morgan fingerprint density at radius 1 is 1.47 bits per heavy atom. The third-order valence-electron chi connectivity index (χ3n) is 3.74. The van der Waals surface area contributed by atoms with Gasteiger partial charge in [0.25, 0.3) is 0 Å². The van der Waals surface area contributed by atoms with Gasteiger partial charge in [0, 0.05) is 23.2 Å². The maximum Gasteiger partial charge on any atom is 0.0466 e. The summed E-state index contributed by atoms with van der Waals surface area (Å²) in [5.74, 6) is 0.651. The van der Waals surface area contributed by atoms with Crippen molar-refractivity contribution >= 4 is 11.6 Å². The maximum absolute atomic E-state index is 6.31. The smallest absolute Gasteiger partial charge is 0.0466 e. The average molecular weight is 252 g/mol. The number of rotatable bonds is 5. The fourth-order valence-corrected chi connectivity index (χ4v) is 3.17. The highest BCUT2D eigenvalue weighted by atomic mass is 35.5. The number of halogens is 1. The van der Waals surface area contributed by atoms with Crippen molar-refractivity contribution in [3.05, 3.63) is 29.6 Å². The number of aromatic nitrogens is 1. The summed E-state index contributed by atoms with van der Waals surface area (Å²) in [4.78, 5) is 4.58. The normalized spacial score (nSPS) is 20.9. The molecule has 0 spiro atoms. The molecule has 1 aliphatic carbocycles. The van der Waals surface area contributed by atoms with Crippen molar-refractivity contribution in [1.29, 1.82) is 0 Å². The van der Waals surface area contributed by atoms with Crippen LogP contribution in [-0.2, 0) is 6.42 Å². The second kappa shape index (κ2) is 6.39. The molecule has 1 nitrogen and oxygen atoms in total. The van der Waals surface area contributed by atoms with Gasteiger partial charge in [-0.2, -0.15) is 0 Å². The van der Waals surface area contributed by atoms with Crippen molar-refractivity contribution in [2.24, 2.45) is 0 Å². The quantitative estimate of drug-likeness (QED) is 0.692. The first-order chi connectivity index (χ1) is 8.31. The van der Waals surface area contributed by atoms with Crippen LogP contribution in [0, 0.1) is 0 Å². The second-order valence-electron chi connectivity index (χ2n) is 5.10. The Labute approximate surface area is 110 Å². The van der Waals surface area contributed by atoms with Crippen LogP contribution in [0.25, 0.3) is 0 Å². The van der Waals surface area contributed by atoms with E-state index in [1.807, 2.05) is 6.20 Å². The Balaban J connectivity index is 1.94. The lowest BCUT2D eigenvalue weighted by atomic mass is 9.83. The summed E-state index contributed by atoms with van der Waals surface area (Å²) in [5, 5.41) is 0.356. The summed E-state index contributed by atoms with van der Waals surface area (Å²) in [6, 6.07) is 4.29. The van der Waals surface area contributed by atoms with Crippen molar-refractivity contribution < 1.29 is 0 Å². The van der Waals surface area contributed by atoms with E-state index >= 15 is 0 Å². The van der Waals surface area contributed by atoms with Gasteiger partial charge >= 0.3 is 0 Å². The zero-order chi connectivity index (χ0) is 12.1. The molecule has 0 saturated carbocycles. The standard InChI is InChI=1S/C15H22ClN/c1-2-5-14(16)10-9-13-7-3-6-12-8-4-11-17-15(12)13/h4,8,11,13-14H,2-3,5-7,9-10H2,1H3. The minimum atomic E-state index is 0.356. The molecule has 2 atom stereocenters. The largest absolute Gasteiger partial charge is 0.261 e. The first-order valence-electron chi connectivity index (χ1n) is 6.89. The third kappa shape index (κ3) is 3.45.